The van der Waals surface area contributed by atoms with Crippen molar-refractivity contribution < 1.29 is 9.47 Å². The molecule has 0 fully saturated rings. The molecule has 1 aromatic rings. The van der Waals surface area contributed by atoms with E-state index in [0.717, 1.165) is 11.4 Å². The predicted molar refractivity (Wildman–Crippen MR) is 49.8 cm³/mol. The highest BCUT2D eigenvalue weighted by atomic mass is 16.5. The fourth-order valence-corrected chi connectivity index (χ4v) is 1.17. The summed E-state index contributed by atoms with van der Waals surface area (Å²) in [6, 6.07) is 5.44. The van der Waals surface area contributed by atoms with Gasteiger partial charge in [0.2, 0.25) is 0 Å². The molecule has 0 aromatic heterocycles. The van der Waals surface area contributed by atoms with Gasteiger partial charge in [-0.1, -0.05) is 0 Å². The van der Waals surface area contributed by atoms with E-state index in [1.165, 1.54) is 0 Å². The summed E-state index contributed by atoms with van der Waals surface area (Å²) in [5.41, 5.74) is 6.27. The van der Waals surface area contributed by atoms with Gasteiger partial charge in [0.15, 0.2) is 0 Å². The monoisotopic (exact) mass is 178 g/mol. The van der Waals surface area contributed by atoms with Crippen molar-refractivity contribution in [3.63, 3.8) is 0 Å². The molecular weight excluding hydrogens is 168 g/mol. The molecule has 13 heavy (non-hydrogen) atoms. The molecule has 0 radical (unpaired) electrons. The molecule has 0 unspecified atom stereocenters. The Kier molecular flexibility index (Phi) is 1.81. The summed E-state index contributed by atoms with van der Waals surface area (Å²) in [6.07, 6.45) is 0. The highest BCUT2D eigenvalue weighted by Gasteiger charge is 2.11. The fraction of sp³-hybridized carbons (Fsp3) is 0.222. The topological polar surface area (TPSA) is 56.8 Å². The summed E-state index contributed by atoms with van der Waals surface area (Å²) >= 11 is 0. The average molecular weight is 178 g/mol. The van der Waals surface area contributed by atoms with Gasteiger partial charge in [0, 0.05) is 6.07 Å². The summed E-state index contributed by atoms with van der Waals surface area (Å²) < 4.78 is 10.4. The summed E-state index contributed by atoms with van der Waals surface area (Å²) in [7, 11) is 1.61. The number of fused-ring (bicyclic) bond motifs is 1. The Bertz CT molecular complexity index is 361. The van der Waals surface area contributed by atoms with Crippen molar-refractivity contribution in [1.29, 1.82) is 0 Å². The van der Waals surface area contributed by atoms with Gasteiger partial charge in [-0.3, -0.25) is 0 Å². The van der Waals surface area contributed by atoms with Gasteiger partial charge in [-0.15, -0.1) is 0 Å². The van der Waals surface area contributed by atoms with E-state index in [1.54, 1.807) is 13.2 Å². The number of aliphatic imine (C=N–C) groups is 1. The molecule has 1 aliphatic heterocycles. The third kappa shape index (κ3) is 1.42. The number of methoxy groups -OCH3 is 1. The summed E-state index contributed by atoms with van der Waals surface area (Å²) in [4.78, 5) is 4.14. The van der Waals surface area contributed by atoms with E-state index in [1.807, 2.05) is 12.1 Å². The van der Waals surface area contributed by atoms with Crippen LogP contribution in [0.4, 0.5) is 5.69 Å². The lowest BCUT2D eigenvalue weighted by molar-refractivity contribution is 0.364. The number of nitrogens with zero attached hydrogens (tertiary/aromatic N) is 1. The van der Waals surface area contributed by atoms with Crippen LogP contribution in [0.3, 0.4) is 0 Å². The normalized spacial score (nSPS) is 14.1. The van der Waals surface area contributed by atoms with Crippen molar-refractivity contribution in [2.24, 2.45) is 10.7 Å². The number of hydrogen-bond acceptors (Lipinski definition) is 4. The first-order chi connectivity index (χ1) is 6.29. The minimum absolute atomic E-state index is 0.347. The maximum Gasteiger partial charge on any atom is 0.149 e. The van der Waals surface area contributed by atoms with Crippen molar-refractivity contribution >= 4 is 11.5 Å². The summed E-state index contributed by atoms with van der Waals surface area (Å²) in [6.45, 7) is 0.347. The smallest absolute Gasteiger partial charge is 0.149 e. The zero-order valence-corrected chi connectivity index (χ0v) is 7.28. The standard InChI is InChI=1S/C9H10N2O2/c1-12-6-2-3-7-8(4-6)13-5-9(10)11-7/h2-4H,5H2,1H3,(H2,10,11). The van der Waals surface area contributed by atoms with Crippen LogP contribution in [0.1, 0.15) is 0 Å². The number of nitrogens with two attached hydrogens (primary N) is 1. The number of rotatable bonds is 1. The van der Waals surface area contributed by atoms with E-state index in [0.29, 0.717) is 18.2 Å². The molecule has 0 atom stereocenters. The number of hydrogen-bond donors (Lipinski definition) is 1. The zero-order valence-electron chi connectivity index (χ0n) is 7.28. The Morgan fingerprint density at radius 1 is 1.54 bits per heavy atom. The maximum atomic E-state index is 5.51. The molecular formula is C9H10N2O2. The van der Waals surface area contributed by atoms with E-state index in [-0.39, 0.29) is 0 Å². The third-order valence-corrected chi connectivity index (χ3v) is 1.81. The average Bonchev–Trinajstić information content (AvgIpc) is 2.17. The molecule has 0 aliphatic carbocycles. The maximum absolute atomic E-state index is 5.51. The van der Waals surface area contributed by atoms with Gasteiger partial charge in [0.25, 0.3) is 0 Å². The van der Waals surface area contributed by atoms with E-state index in [2.05, 4.69) is 4.99 Å². The minimum atomic E-state index is 0.347. The Labute approximate surface area is 76.0 Å². The van der Waals surface area contributed by atoms with E-state index in [4.69, 9.17) is 15.2 Å². The van der Waals surface area contributed by atoms with Gasteiger partial charge >= 0.3 is 0 Å². The molecule has 1 aromatic carbocycles. The fourth-order valence-electron chi connectivity index (χ4n) is 1.17. The lowest BCUT2D eigenvalue weighted by atomic mass is 10.2. The van der Waals surface area contributed by atoms with Gasteiger partial charge in [0.05, 0.1) is 7.11 Å². The van der Waals surface area contributed by atoms with Crippen LogP contribution in [0.5, 0.6) is 11.5 Å². The lowest BCUT2D eigenvalue weighted by Gasteiger charge is -2.14. The zero-order chi connectivity index (χ0) is 9.26. The largest absolute Gasteiger partial charge is 0.497 e. The van der Waals surface area contributed by atoms with Crippen molar-refractivity contribution in [3.8, 4) is 11.5 Å². The number of amidine groups is 1. The Hall–Kier alpha value is -1.71. The molecule has 4 heteroatoms. The van der Waals surface area contributed by atoms with Gasteiger partial charge in [0.1, 0.15) is 29.6 Å². The van der Waals surface area contributed by atoms with Crippen LogP contribution in [0.25, 0.3) is 0 Å². The Morgan fingerprint density at radius 2 is 2.38 bits per heavy atom. The van der Waals surface area contributed by atoms with Gasteiger partial charge in [-0.25, -0.2) is 4.99 Å². The first-order valence-electron chi connectivity index (χ1n) is 3.93. The lowest BCUT2D eigenvalue weighted by Crippen LogP contribution is -2.23. The summed E-state index contributed by atoms with van der Waals surface area (Å²) in [5.74, 6) is 1.97. The molecule has 0 spiro atoms. The molecule has 2 rings (SSSR count). The van der Waals surface area contributed by atoms with Crippen LogP contribution < -0.4 is 15.2 Å². The first-order valence-corrected chi connectivity index (χ1v) is 3.93. The quantitative estimate of drug-likeness (QED) is 0.700. The second kappa shape index (κ2) is 2.97. The van der Waals surface area contributed by atoms with E-state index < -0.39 is 0 Å². The van der Waals surface area contributed by atoms with Crippen molar-refractivity contribution in [2.45, 2.75) is 0 Å². The molecule has 0 amide bonds. The van der Waals surface area contributed by atoms with Crippen LogP contribution in [0.15, 0.2) is 23.2 Å². The molecule has 0 saturated heterocycles. The highest BCUT2D eigenvalue weighted by Crippen LogP contribution is 2.33. The highest BCUT2D eigenvalue weighted by molar-refractivity contribution is 5.87. The van der Waals surface area contributed by atoms with Crippen LogP contribution in [0, 0.1) is 0 Å². The van der Waals surface area contributed by atoms with Crippen LogP contribution in [-0.4, -0.2) is 19.6 Å². The minimum Gasteiger partial charge on any atom is -0.497 e. The first kappa shape index (κ1) is 7.91. The van der Waals surface area contributed by atoms with E-state index >= 15 is 0 Å². The van der Waals surface area contributed by atoms with E-state index in [9.17, 15) is 0 Å². The summed E-state index contributed by atoms with van der Waals surface area (Å²) in [5, 5.41) is 0. The molecule has 1 heterocycles. The van der Waals surface area contributed by atoms with Gasteiger partial charge in [-0.2, -0.15) is 0 Å². The van der Waals surface area contributed by atoms with Gasteiger partial charge in [-0.05, 0) is 12.1 Å². The molecule has 68 valence electrons. The Morgan fingerprint density at radius 3 is 3.15 bits per heavy atom. The second-order valence-corrected chi connectivity index (χ2v) is 2.73. The molecule has 1 aliphatic rings. The molecule has 0 bridgehead atoms. The second-order valence-electron chi connectivity index (χ2n) is 2.73. The van der Waals surface area contributed by atoms with Gasteiger partial charge < -0.3 is 15.2 Å². The van der Waals surface area contributed by atoms with Crippen molar-refractivity contribution in [3.05, 3.63) is 18.2 Å². The molecule has 4 nitrogen and oxygen atoms in total. The van der Waals surface area contributed by atoms with Crippen LogP contribution >= 0.6 is 0 Å². The predicted octanol–water partition coefficient (Wildman–Crippen LogP) is 1.08. The number of benzene rings is 1. The van der Waals surface area contributed by atoms with Crippen LogP contribution in [0.2, 0.25) is 0 Å². The number of ether oxygens (including phenoxy) is 2. The van der Waals surface area contributed by atoms with Crippen LogP contribution in [-0.2, 0) is 0 Å². The third-order valence-electron chi connectivity index (χ3n) is 1.81. The molecule has 0 saturated carbocycles. The molecule has 2 N–H and O–H groups in total. The Balaban J connectivity index is 2.43. The van der Waals surface area contributed by atoms with Crippen molar-refractivity contribution in [2.75, 3.05) is 13.7 Å². The SMILES string of the molecule is COc1ccc2c(c1)OCC(N)=N2. The van der Waals surface area contributed by atoms with Crippen molar-refractivity contribution in [1.82, 2.24) is 0 Å².